The summed E-state index contributed by atoms with van der Waals surface area (Å²) < 4.78 is 13.0. The molecule has 2 aromatic carbocycles. The predicted octanol–water partition coefficient (Wildman–Crippen LogP) is 3.89. The van der Waals surface area contributed by atoms with Crippen molar-refractivity contribution in [3.63, 3.8) is 0 Å². The second-order valence-electron chi connectivity index (χ2n) is 5.63. The highest BCUT2D eigenvalue weighted by molar-refractivity contribution is 7.17. The van der Waals surface area contributed by atoms with Crippen molar-refractivity contribution in [2.75, 3.05) is 0 Å². The number of carbonyl (C=O) groups is 2. The van der Waals surface area contributed by atoms with Crippen molar-refractivity contribution in [3.05, 3.63) is 76.0 Å². The first-order chi connectivity index (χ1) is 12.4. The first kappa shape index (κ1) is 17.8. The Morgan fingerprint density at radius 2 is 1.77 bits per heavy atom. The Morgan fingerprint density at radius 3 is 2.38 bits per heavy atom. The highest BCUT2D eigenvalue weighted by Crippen LogP contribution is 2.28. The van der Waals surface area contributed by atoms with E-state index >= 15 is 0 Å². The molecule has 0 bridgehead atoms. The largest absolute Gasteiger partial charge is 0.478 e. The van der Waals surface area contributed by atoms with Gasteiger partial charge in [-0.15, -0.1) is 11.3 Å². The van der Waals surface area contributed by atoms with E-state index in [1.54, 1.807) is 31.2 Å². The average molecular weight is 370 g/mol. The van der Waals surface area contributed by atoms with Crippen LogP contribution < -0.4 is 5.32 Å². The monoisotopic (exact) mass is 370 g/mol. The summed E-state index contributed by atoms with van der Waals surface area (Å²) in [6.07, 6.45) is 0. The molecule has 7 heteroatoms. The summed E-state index contributed by atoms with van der Waals surface area (Å²) in [7, 11) is 0. The van der Waals surface area contributed by atoms with Crippen LogP contribution in [0.5, 0.6) is 0 Å². The molecule has 0 spiro atoms. The van der Waals surface area contributed by atoms with Gasteiger partial charge >= 0.3 is 5.97 Å². The first-order valence-corrected chi connectivity index (χ1v) is 8.59. The molecule has 0 saturated heterocycles. The normalized spacial score (nSPS) is 10.5. The number of carboxylic acids is 1. The molecule has 2 N–H and O–H groups in total. The second-order valence-corrected chi connectivity index (χ2v) is 6.62. The SMILES string of the molecule is Cc1nc(-c2ccc(F)cc2)sc1C(=O)NCc1ccc(C(=O)O)cc1. The summed E-state index contributed by atoms with van der Waals surface area (Å²) in [5.74, 6) is -1.57. The first-order valence-electron chi connectivity index (χ1n) is 7.78. The third-order valence-electron chi connectivity index (χ3n) is 3.75. The number of carboxylic acid groups (broad SMARTS) is 1. The molecule has 0 unspecified atom stereocenters. The molecule has 0 saturated carbocycles. The summed E-state index contributed by atoms with van der Waals surface area (Å²) >= 11 is 1.24. The lowest BCUT2D eigenvalue weighted by Gasteiger charge is -2.04. The summed E-state index contributed by atoms with van der Waals surface area (Å²) in [4.78, 5) is 28.1. The lowest BCUT2D eigenvalue weighted by molar-refractivity contribution is 0.0696. The molecule has 0 aliphatic rings. The minimum absolute atomic E-state index is 0.197. The van der Waals surface area contributed by atoms with Crippen LogP contribution >= 0.6 is 11.3 Å². The van der Waals surface area contributed by atoms with Crippen molar-refractivity contribution >= 4 is 23.2 Å². The van der Waals surface area contributed by atoms with E-state index in [4.69, 9.17) is 5.11 Å². The van der Waals surface area contributed by atoms with Gasteiger partial charge in [0.1, 0.15) is 15.7 Å². The molecule has 1 amide bonds. The molecule has 0 radical (unpaired) electrons. The Hall–Kier alpha value is -3.06. The van der Waals surface area contributed by atoms with Gasteiger partial charge in [0.05, 0.1) is 11.3 Å². The fourth-order valence-corrected chi connectivity index (χ4v) is 3.34. The Balaban J connectivity index is 1.70. The van der Waals surface area contributed by atoms with E-state index in [1.165, 1.54) is 35.6 Å². The number of benzene rings is 2. The van der Waals surface area contributed by atoms with E-state index in [2.05, 4.69) is 10.3 Å². The van der Waals surface area contributed by atoms with Crippen LogP contribution in [0.3, 0.4) is 0 Å². The van der Waals surface area contributed by atoms with Gasteiger partial charge in [-0.1, -0.05) is 12.1 Å². The number of halogens is 1. The van der Waals surface area contributed by atoms with Crippen molar-refractivity contribution < 1.29 is 19.1 Å². The summed E-state index contributed by atoms with van der Waals surface area (Å²) in [5, 5.41) is 12.3. The van der Waals surface area contributed by atoms with Gasteiger partial charge < -0.3 is 10.4 Å². The molecule has 0 atom stereocenters. The maximum absolute atomic E-state index is 13.0. The van der Waals surface area contributed by atoms with Gasteiger partial charge in [-0.2, -0.15) is 0 Å². The Kier molecular flexibility index (Phi) is 5.09. The minimum atomic E-state index is -0.991. The smallest absolute Gasteiger partial charge is 0.335 e. The average Bonchev–Trinajstić information content (AvgIpc) is 3.02. The fourth-order valence-electron chi connectivity index (χ4n) is 2.35. The van der Waals surface area contributed by atoms with Crippen molar-refractivity contribution in [2.45, 2.75) is 13.5 Å². The van der Waals surface area contributed by atoms with Gasteiger partial charge in [0.25, 0.3) is 5.91 Å². The predicted molar refractivity (Wildman–Crippen MR) is 96.8 cm³/mol. The minimum Gasteiger partial charge on any atom is -0.478 e. The van der Waals surface area contributed by atoms with Gasteiger partial charge in [-0.3, -0.25) is 4.79 Å². The molecular weight excluding hydrogens is 355 g/mol. The number of nitrogens with one attached hydrogen (secondary N) is 1. The number of rotatable bonds is 5. The fraction of sp³-hybridized carbons (Fsp3) is 0.105. The van der Waals surface area contributed by atoms with Crippen molar-refractivity contribution in [2.24, 2.45) is 0 Å². The number of aromatic carboxylic acids is 1. The Labute approximate surface area is 153 Å². The van der Waals surface area contributed by atoms with Crippen LogP contribution in [-0.4, -0.2) is 22.0 Å². The zero-order chi connectivity index (χ0) is 18.7. The molecule has 5 nitrogen and oxygen atoms in total. The molecule has 0 aliphatic carbocycles. The summed E-state index contributed by atoms with van der Waals surface area (Å²) in [6.45, 7) is 2.03. The van der Waals surface area contributed by atoms with Crippen LogP contribution in [-0.2, 0) is 6.54 Å². The van der Waals surface area contributed by atoms with Crippen molar-refractivity contribution in [3.8, 4) is 10.6 Å². The lowest BCUT2D eigenvalue weighted by atomic mass is 10.1. The number of nitrogens with zero attached hydrogens (tertiary/aromatic N) is 1. The van der Waals surface area contributed by atoms with E-state index in [-0.39, 0.29) is 23.8 Å². The number of aromatic nitrogens is 1. The third kappa shape index (κ3) is 3.94. The van der Waals surface area contributed by atoms with Crippen molar-refractivity contribution in [1.82, 2.24) is 10.3 Å². The quantitative estimate of drug-likeness (QED) is 0.714. The van der Waals surface area contributed by atoms with Gasteiger partial charge in [-0.05, 0) is 48.9 Å². The Morgan fingerprint density at radius 1 is 1.12 bits per heavy atom. The van der Waals surface area contributed by atoms with E-state index in [0.717, 1.165) is 11.1 Å². The molecule has 0 fully saturated rings. The number of amides is 1. The van der Waals surface area contributed by atoms with Crippen LogP contribution in [0.2, 0.25) is 0 Å². The highest BCUT2D eigenvalue weighted by Gasteiger charge is 2.16. The maximum Gasteiger partial charge on any atom is 0.335 e. The molecule has 0 aliphatic heterocycles. The maximum atomic E-state index is 13.0. The number of thiazole rings is 1. The zero-order valence-corrected chi connectivity index (χ0v) is 14.6. The van der Waals surface area contributed by atoms with E-state index in [0.29, 0.717) is 15.6 Å². The van der Waals surface area contributed by atoms with Gasteiger partial charge in [0.15, 0.2) is 0 Å². The summed E-state index contributed by atoms with van der Waals surface area (Å²) in [5.41, 5.74) is 2.35. The van der Waals surface area contributed by atoms with Crippen molar-refractivity contribution in [1.29, 1.82) is 0 Å². The molecular formula is C19H15FN2O3S. The lowest BCUT2D eigenvalue weighted by Crippen LogP contribution is -2.22. The second kappa shape index (κ2) is 7.45. The van der Waals surface area contributed by atoms with E-state index in [9.17, 15) is 14.0 Å². The van der Waals surface area contributed by atoms with Crippen LogP contribution in [0.15, 0.2) is 48.5 Å². The zero-order valence-electron chi connectivity index (χ0n) is 13.8. The number of hydrogen-bond acceptors (Lipinski definition) is 4. The molecule has 1 heterocycles. The third-order valence-corrected chi connectivity index (χ3v) is 4.95. The standard InChI is InChI=1S/C19H15FN2O3S/c1-11-16(26-18(22-11)13-6-8-15(20)9-7-13)17(23)21-10-12-2-4-14(5-3-12)19(24)25/h2-9H,10H2,1H3,(H,21,23)(H,24,25). The molecule has 132 valence electrons. The molecule has 3 aromatic rings. The van der Waals surface area contributed by atoms with Gasteiger partial charge in [0, 0.05) is 12.1 Å². The van der Waals surface area contributed by atoms with Crippen LogP contribution in [0.25, 0.3) is 10.6 Å². The summed E-state index contributed by atoms with van der Waals surface area (Å²) in [6, 6.07) is 12.3. The van der Waals surface area contributed by atoms with E-state index < -0.39 is 5.97 Å². The van der Waals surface area contributed by atoms with Crippen LogP contribution in [0, 0.1) is 12.7 Å². The van der Waals surface area contributed by atoms with E-state index in [1.807, 2.05) is 0 Å². The number of carbonyl (C=O) groups excluding carboxylic acids is 1. The van der Waals surface area contributed by atoms with Crippen LogP contribution in [0.1, 0.15) is 31.3 Å². The highest BCUT2D eigenvalue weighted by atomic mass is 32.1. The molecule has 26 heavy (non-hydrogen) atoms. The molecule has 3 rings (SSSR count). The van der Waals surface area contributed by atoms with Gasteiger partial charge in [-0.25, -0.2) is 14.2 Å². The Bertz CT molecular complexity index is 950. The number of hydrogen-bond donors (Lipinski definition) is 2. The topological polar surface area (TPSA) is 79.3 Å². The molecule has 1 aromatic heterocycles. The number of aryl methyl sites for hydroxylation is 1. The van der Waals surface area contributed by atoms with Crippen LogP contribution in [0.4, 0.5) is 4.39 Å². The van der Waals surface area contributed by atoms with Gasteiger partial charge in [0.2, 0.25) is 0 Å².